The number of nitrogens with one attached hydrogen (secondary N) is 1. The molecule has 0 aliphatic heterocycles. The Bertz CT molecular complexity index is 1380. The maximum absolute atomic E-state index is 13.0. The Labute approximate surface area is 184 Å². The van der Waals surface area contributed by atoms with Crippen LogP contribution >= 0.6 is 22.9 Å². The summed E-state index contributed by atoms with van der Waals surface area (Å²) in [5, 5.41) is 13.9. The van der Waals surface area contributed by atoms with Gasteiger partial charge >= 0.3 is 0 Å². The van der Waals surface area contributed by atoms with Crippen molar-refractivity contribution in [2.75, 3.05) is 5.32 Å². The highest BCUT2D eigenvalue weighted by molar-refractivity contribution is 7.20. The number of hydrogen-bond acceptors (Lipinski definition) is 6. The Morgan fingerprint density at radius 1 is 1.26 bits per heavy atom. The molecule has 1 amide bonds. The topological polar surface area (TPSA) is 107 Å². The van der Waals surface area contributed by atoms with Crippen LogP contribution in [0.3, 0.4) is 0 Å². The van der Waals surface area contributed by atoms with Crippen molar-refractivity contribution in [3.8, 4) is 0 Å². The number of amides is 1. The number of aryl methyl sites for hydroxylation is 1. The van der Waals surface area contributed by atoms with E-state index in [0.29, 0.717) is 27.2 Å². The minimum absolute atomic E-state index is 0.0460. The third kappa shape index (κ3) is 4.05. The van der Waals surface area contributed by atoms with Crippen molar-refractivity contribution in [3.05, 3.63) is 96.4 Å². The summed E-state index contributed by atoms with van der Waals surface area (Å²) < 4.78 is 1.51. The van der Waals surface area contributed by atoms with Crippen LogP contribution < -0.4 is 10.9 Å². The van der Waals surface area contributed by atoms with Gasteiger partial charge in [0.05, 0.1) is 38.8 Å². The molecule has 0 spiro atoms. The van der Waals surface area contributed by atoms with Crippen LogP contribution in [0.2, 0.25) is 5.02 Å². The number of anilines is 1. The molecule has 2 aromatic heterocycles. The summed E-state index contributed by atoms with van der Waals surface area (Å²) in [4.78, 5) is 41.3. The average Bonchev–Trinajstić information content (AvgIpc) is 3.09. The number of rotatable bonds is 5. The molecule has 0 bridgehead atoms. The molecule has 0 aliphatic rings. The number of aromatic nitrogens is 2. The summed E-state index contributed by atoms with van der Waals surface area (Å²) in [6.07, 6.45) is 1.47. The van der Waals surface area contributed by atoms with E-state index in [2.05, 4.69) is 10.3 Å². The fraction of sp³-hybridized carbons (Fsp3) is 0.0952. The van der Waals surface area contributed by atoms with Gasteiger partial charge < -0.3 is 5.32 Å². The number of thiophene rings is 1. The first kappa shape index (κ1) is 20.7. The Kier molecular flexibility index (Phi) is 5.53. The second-order valence-electron chi connectivity index (χ2n) is 6.77. The number of hydrogen-bond donors (Lipinski definition) is 1. The predicted octanol–water partition coefficient (Wildman–Crippen LogP) is 4.63. The van der Waals surface area contributed by atoms with Crippen molar-refractivity contribution in [2.24, 2.45) is 0 Å². The summed E-state index contributed by atoms with van der Waals surface area (Å²) in [5.41, 5.74) is 1.32. The molecule has 0 saturated heterocycles. The molecule has 156 valence electrons. The van der Waals surface area contributed by atoms with E-state index in [1.54, 1.807) is 6.92 Å². The monoisotopic (exact) mass is 454 g/mol. The van der Waals surface area contributed by atoms with E-state index in [0.717, 1.165) is 16.9 Å². The number of nitrogens with zero attached hydrogens (tertiary/aromatic N) is 3. The van der Waals surface area contributed by atoms with E-state index >= 15 is 0 Å². The summed E-state index contributed by atoms with van der Waals surface area (Å²) in [5.74, 6) is -0.467. The SMILES string of the molecule is Cc1c(C(=O)Nc2ccc([N+](=O)[O-])cc2Cl)sc2ncn(Cc3ccccc3)c(=O)c12. The summed E-state index contributed by atoms with van der Waals surface area (Å²) in [6.45, 7) is 2.07. The maximum atomic E-state index is 13.0. The van der Waals surface area contributed by atoms with Crippen LogP contribution in [-0.4, -0.2) is 20.4 Å². The molecular formula is C21H15ClN4O4S. The highest BCUT2D eigenvalue weighted by atomic mass is 35.5. The van der Waals surface area contributed by atoms with Gasteiger partial charge in [0, 0.05) is 12.1 Å². The molecular weight excluding hydrogens is 440 g/mol. The number of nitro groups is 1. The van der Waals surface area contributed by atoms with E-state index in [1.807, 2.05) is 30.3 Å². The zero-order valence-electron chi connectivity index (χ0n) is 16.2. The number of benzene rings is 2. The molecule has 4 rings (SSSR count). The van der Waals surface area contributed by atoms with Crippen LogP contribution in [-0.2, 0) is 6.54 Å². The maximum Gasteiger partial charge on any atom is 0.271 e. The van der Waals surface area contributed by atoms with Gasteiger partial charge in [0.25, 0.3) is 17.2 Å². The second-order valence-corrected chi connectivity index (χ2v) is 8.18. The lowest BCUT2D eigenvalue weighted by atomic mass is 10.2. The van der Waals surface area contributed by atoms with Crippen molar-refractivity contribution < 1.29 is 9.72 Å². The normalized spacial score (nSPS) is 10.9. The number of halogens is 1. The van der Waals surface area contributed by atoms with E-state index in [1.165, 1.54) is 29.1 Å². The molecule has 31 heavy (non-hydrogen) atoms. The Hall–Kier alpha value is -3.56. The van der Waals surface area contributed by atoms with Crippen LogP contribution in [0.1, 0.15) is 20.8 Å². The quantitative estimate of drug-likeness (QED) is 0.349. The molecule has 0 fully saturated rings. The van der Waals surface area contributed by atoms with Crippen molar-refractivity contribution in [3.63, 3.8) is 0 Å². The van der Waals surface area contributed by atoms with E-state index < -0.39 is 10.8 Å². The first-order valence-corrected chi connectivity index (χ1v) is 10.3. The molecule has 0 radical (unpaired) electrons. The van der Waals surface area contributed by atoms with Crippen molar-refractivity contribution in [1.29, 1.82) is 0 Å². The summed E-state index contributed by atoms with van der Waals surface area (Å²) in [6, 6.07) is 13.3. The van der Waals surface area contributed by atoms with E-state index in [-0.39, 0.29) is 22.0 Å². The minimum atomic E-state index is -0.570. The molecule has 0 unspecified atom stereocenters. The fourth-order valence-corrected chi connectivity index (χ4v) is 4.42. The highest BCUT2D eigenvalue weighted by Crippen LogP contribution is 2.30. The number of fused-ring (bicyclic) bond motifs is 1. The molecule has 0 saturated carbocycles. The van der Waals surface area contributed by atoms with Crippen molar-refractivity contribution >= 4 is 50.4 Å². The van der Waals surface area contributed by atoms with Gasteiger partial charge in [-0.05, 0) is 24.1 Å². The van der Waals surface area contributed by atoms with Crippen molar-refractivity contribution in [1.82, 2.24) is 9.55 Å². The van der Waals surface area contributed by atoms with E-state index in [4.69, 9.17) is 11.6 Å². The minimum Gasteiger partial charge on any atom is -0.320 e. The van der Waals surface area contributed by atoms with Crippen LogP contribution in [0.5, 0.6) is 0 Å². The Morgan fingerprint density at radius 2 is 2.00 bits per heavy atom. The van der Waals surface area contributed by atoms with Gasteiger partial charge in [-0.1, -0.05) is 41.9 Å². The second kappa shape index (κ2) is 8.29. The lowest BCUT2D eigenvalue weighted by Crippen LogP contribution is -2.21. The van der Waals surface area contributed by atoms with Gasteiger partial charge in [-0.15, -0.1) is 11.3 Å². The lowest BCUT2D eigenvalue weighted by Gasteiger charge is -2.07. The highest BCUT2D eigenvalue weighted by Gasteiger charge is 2.21. The zero-order chi connectivity index (χ0) is 22.1. The predicted molar refractivity (Wildman–Crippen MR) is 120 cm³/mol. The van der Waals surface area contributed by atoms with Crippen LogP contribution in [0.15, 0.2) is 59.7 Å². The largest absolute Gasteiger partial charge is 0.320 e. The molecule has 0 atom stereocenters. The fourth-order valence-electron chi connectivity index (χ4n) is 3.17. The molecule has 1 N–H and O–H groups in total. The number of nitro benzene ring substituents is 1. The third-order valence-corrected chi connectivity index (χ3v) is 6.24. The first-order valence-electron chi connectivity index (χ1n) is 9.13. The first-order chi connectivity index (χ1) is 14.8. The van der Waals surface area contributed by atoms with Gasteiger partial charge in [-0.2, -0.15) is 0 Å². The van der Waals surface area contributed by atoms with Gasteiger partial charge in [-0.25, -0.2) is 4.98 Å². The van der Waals surface area contributed by atoms with Crippen molar-refractivity contribution in [2.45, 2.75) is 13.5 Å². The smallest absolute Gasteiger partial charge is 0.271 e. The van der Waals surface area contributed by atoms with Crippen LogP contribution in [0.4, 0.5) is 11.4 Å². The summed E-state index contributed by atoms with van der Waals surface area (Å²) >= 11 is 7.17. The number of carbonyl (C=O) groups excluding carboxylic acids is 1. The molecule has 10 heteroatoms. The van der Waals surface area contributed by atoms with E-state index in [9.17, 15) is 19.7 Å². The van der Waals surface area contributed by atoms with Crippen LogP contribution in [0, 0.1) is 17.0 Å². The molecule has 4 aromatic rings. The van der Waals surface area contributed by atoms with Gasteiger partial charge in [0.1, 0.15) is 4.83 Å². The zero-order valence-corrected chi connectivity index (χ0v) is 17.7. The molecule has 2 aromatic carbocycles. The molecule has 8 nitrogen and oxygen atoms in total. The summed E-state index contributed by atoms with van der Waals surface area (Å²) in [7, 11) is 0. The lowest BCUT2D eigenvalue weighted by molar-refractivity contribution is -0.384. The molecule has 2 heterocycles. The average molecular weight is 455 g/mol. The van der Waals surface area contributed by atoms with Crippen LogP contribution in [0.25, 0.3) is 10.2 Å². The number of carbonyl (C=O) groups is 1. The molecule has 0 aliphatic carbocycles. The number of non-ortho nitro benzene ring substituents is 1. The van der Waals surface area contributed by atoms with Gasteiger partial charge in [-0.3, -0.25) is 24.3 Å². The van der Waals surface area contributed by atoms with Gasteiger partial charge in [0.2, 0.25) is 0 Å². The Morgan fingerprint density at radius 3 is 2.68 bits per heavy atom. The third-order valence-electron chi connectivity index (χ3n) is 4.73. The Balaban J connectivity index is 1.66. The standard InChI is InChI=1S/C21H15ClN4O4S/c1-12-17-20(23-11-25(21(17)28)10-13-5-3-2-4-6-13)31-18(12)19(27)24-16-8-7-14(26(29)30)9-15(16)22/h2-9,11H,10H2,1H3,(H,24,27). The van der Waals surface area contributed by atoms with Gasteiger partial charge in [0.15, 0.2) is 0 Å².